The fraction of sp³-hybridized carbons (Fsp3) is 0.440. The van der Waals surface area contributed by atoms with Gasteiger partial charge in [-0.1, -0.05) is 13.3 Å². The minimum absolute atomic E-state index is 0.181. The fourth-order valence-electron chi connectivity index (χ4n) is 3.85. The second-order valence-corrected chi connectivity index (χ2v) is 8.44. The second kappa shape index (κ2) is 10.9. The molecule has 0 saturated heterocycles. The van der Waals surface area contributed by atoms with Crippen LogP contribution in [0.25, 0.3) is 11.0 Å². The van der Waals surface area contributed by atoms with E-state index in [2.05, 4.69) is 34.4 Å². The largest absolute Gasteiger partial charge is 0.497 e. The molecule has 2 aromatic heterocycles. The van der Waals surface area contributed by atoms with Crippen molar-refractivity contribution in [1.82, 2.24) is 15.0 Å². The zero-order valence-electron chi connectivity index (χ0n) is 20.1. The van der Waals surface area contributed by atoms with Crippen LogP contribution in [-0.4, -0.2) is 40.5 Å². The number of nitrogens with zero attached hydrogens (tertiary/aromatic N) is 3. The van der Waals surface area contributed by atoms with Gasteiger partial charge in [0.05, 0.1) is 19.7 Å². The first-order valence-corrected chi connectivity index (χ1v) is 11.2. The minimum atomic E-state index is -0.282. The second-order valence-electron chi connectivity index (χ2n) is 8.44. The number of rotatable bonds is 12. The van der Waals surface area contributed by atoms with Crippen LogP contribution in [0.4, 0.5) is 11.8 Å². The third-order valence-electron chi connectivity index (χ3n) is 5.64. The van der Waals surface area contributed by atoms with Crippen molar-refractivity contribution in [2.24, 2.45) is 0 Å². The maximum Gasteiger partial charge on any atom is 0.225 e. The van der Waals surface area contributed by atoms with Gasteiger partial charge in [-0.3, -0.25) is 4.98 Å². The van der Waals surface area contributed by atoms with Crippen LogP contribution in [0.2, 0.25) is 0 Å². The average Bonchev–Trinajstić information content (AvgIpc) is 2.81. The van der Waals surface area contributed by atoms with Gasteiger partial charge < -0.3 is 24.9 Å². The first kappa shape index (κ1) is 24.2. The molecule has 2 heterocycles. The lowest BCUT2D eigenvalue weighted by atomic mass is 9.89. The summed E-state index contributed by atoms with van der Waals surface area (Å²) in [6, 6.07) is 9.47. The van der Waals surface area contributed by atoms with Crippen molar-refractivity contribution in [3.63, 3.8) is 0 Å². The predicted molar refractivity (Wildman–Crippen MR) is 131 cm³/mol. The smallest absolute Gasteiger partial charge is 0.225 e. The lowest BCUT2D eigenvalue weighted by molar-refractivity contribution is -0.117. The summed E-state index contributed by atoms with van der Waals surface area (Å²) in [4.78, 5) is 25.5. The molecule has 0 aliphatic carbocycles. The topological polar surface area (TPSA) is 98.3 Å². The van der Waals surface area contributed by atoms with Crippen molar-refractivity contribution in [2.75, 3.05) is 24.9 Å². The molecular weight excluding hydrogens is 418 g/mol. The highest BCUT2D eigenvalue weighted by molar-refractivity contribution is 5.86. The molecule has 0 aliphatic rings. The number of Topliss-reactive ketones (excluding diaryl/α,β-unsaturated/α-hetero) is 1. The van der Waals surface area contributed by atoms with Gasteiger partial charge in [0.25, 0.3) is 0 Å². The molecule has 0 bridgehead atoms. The molecule has 3 rings (SSSR count). The number of fused-ring (bicyclic) bond motifs is 1. The highest BCUT2D eigenvalue weighted by atomic mass is 16.5. The predicted octanol–water partition coefficient (Wildman–Crippen LogP) is 4.99. The summed E-state index contributed by atoms with van der Waals surface area (Å²) in [6.45, 7) is 6.38. The van der Waals surface area contributed by atoms with E-state index < -0.39 is 0 Å². The van der Waals surface area contributed by atoms with E-state index in [1.165, 1.54) is 0 Å². The van der Waals surface area contributed by atoms with E-state index in [4.69, 9.17) is 14.5 Å². The van der Waals surface area contributed by atoms with Crippen LogP contribution in [0, 0.1) is 0 Å². The number of anilines is 2. The lowest BCUT2D eigenvalue weighted by Gasteiger charge is -2.31. The molecule has 0 saturated carbocycles. The normalized spacial score (nSPS) is 12.8. The lowest BCUT2D eigenvalue weighted by Crippen LogP contribution is -2.35. The highest BCUT2D eigenvalue weighted by Gasteiger charge is 2.25. The number of carbonyl (C=O) groups excluding carboxylic acids is 1. The fourth-order valence-corrected chi connectivity index (χ4v) is 3.85. The van der Waals surface area contributed by atoms with Gasteiger partial charge in [-0.2, -0.15) is 4.98 Å². The number of benzene rings is 1. The Hall–Kier alpha value is -3.42. The number of hydrogen-bond donors (Lipinski definition) is 2. The average molecular weight is 452 g/mol. The molecule has 176 valence electrons. The number of nitrogens with one attached hydrogen (secondary N) is 2. The number of pyridine rings is 1. The van der Waals surface area contributed by atoms with Gasteiger partial charge in [-0.05, 0) is 51.0 Å². The van der Waals surface area contributed by atoms with E-state index in [9.17, 15) is 4.79 Å². The molecule has 0 aliphatic heterocycles. The number of ether oxygens (including phenoxy) is 2. The first-order valence-electron chi connectivity index (χ1n) is 11.2. The Labute approximate surface area is 195 Å². The number of aromatic nitrogens is 3. The molecule has 1 atom stereocenters. The van der Waals surface area contributed by atoms with Crippen molar-refractivity contribution >= 4 is 28.6 Å². The standard InChI is InChI=1S/C25H33N5O3/c1-6-12-25(3,13-11-17(2)31)30-23-22-20(8-7-14-26-22)28-24(29-23)27-16-18-9-10-19(32-4)15-21(18)33-5/h7-10,14-15H,6,11-13,16H2,1-5H3,(H2,27,28,29,30)/t25-/m1/s1. The zero-order valence-corrected chi connectivity index (χ0v) is 20.1. The van der Waals surface area contributed by atoms with Crippen molar-refractivity contribution in [3.05, 3.63) is 42.1 Å². The summed E-state index contributed by atoms with van der Waals surface area (Å²) < 4.78 is 10.8. The third-order valence-corrected chi connectivity index (χ3v) is 5.64. The Kier molecular flexibility index (Phi) is 8.03. The van der Waals surface area contributed by atoms with Crippen LogP contribution in [0.3, 0.4) is 0 Å². The van der Waals surface area contributed by atoms with Crippen molar-refractivity contribution in [1.29, 1.82) is 0 Å². The first-order chi connectivity index (χ1) is 15.9. The SMILES string of the molecule is CCC[C@](C)(CCC(C)=O)Nc1nc(NCc2ccc(OC)cc2OC)nc2cccnc12. The van der Waals surface area contributed by atoms with E-state index in [0.29, 0.717) is 30.2 Å². The third kappa shape index (κ3) is 6.31. The maximum atomic E-state index is 11.6. The van der Waals surface area contributed by atoms with E-state index in [0.717, 1.165) is 41.8 Å². The molecule has 33 heavy (non-hydrogen) atoms. The van der Waals surface area contributed by atoms with E-state index in [1.54, 1.807) is 27.3 Å². The Morgan fingerprint density at radius 3 is 2.64 bits per heavy atom. The zero-order chi connectivity index (χ0) is 23.8. The number of ketones is 1. The Morgan fingerprint density at radius 1 is 1.12 bits per heavy atom. The Bertz CT molecular complexity index is 1100. The molecule has 0 unspecified atom stereocenters. The monoisotopic (exact) mass is 451 g/mol. The minimum Gasteiger partial charge on any atom is -0.497 e. The molecule has 0 amide bonds. The molecule has 3 aromatic rings. The van der Waals surface area contributed by atoms with Gasteiger partial charge in [0.1, 0.15) is 22.8 Å². The van der Waals surface area contributed by atoms with Gasteiger partial charge in [-0.15, -0.1) is 0 Å². The van der Waals surface area contributed by atoms with Crippen molar-refractivity contribution in [3.8, 4) is 11.5 Å². The molecule has 2 N–H and O–H groups in total. The summed E-state index contributed by atoms with van der Waals surface area (Å²) in [5, 5.41) is 6.89. The molecule has 8 heteroatoms. The van der Waals surface area contributed by atoms with Crippen molar-refractivity contribution < 1.29 is 14.3 Å². The molecule has 0 spiro atoms. The van der Waals surface area contributed by atoms with E-state index in [-0.39, 0.29) is 11.3 Å². The van der Waals surface area contributed by atoms with Gasteiger partial charge in [0, 0.05) is 36.3 Å². The molecular formula is C25H33N5O3. The van der Waals surface area contributed by atoms with Crippen LogP contribution in [0.1, 0.15) is 52.0 Å². The van der Waals surface area contributed by atoms with Crippen LogP contribution in [0.15, 0.2) is 36.5 Å². The Morgan fingerprint density at radius 2 is 1.94 bits per heavy atom. The van der Waals surface area contributed by atoms with Crippen LogP contribution >= 0.6 is 0 Å². The highest BCUT2D eigenvalue weighted by Crippen LogP contribution is 2.29. The quantitative estimate of drug-likeness (QED) is 0.397. The van der Waals surface area contributed by atoms with Gasteiger partial charge >= 0.3 is 0 Å². The van der Waals surface area contributed by atoms with E-state index in [1.807, 2.05) is 30.3 Å². The molecule has 1 aromatic carbocycles. The summed E-state index contributed by atoms with van der Waals surface area (Å²) in [5.41, 5.74) is 2.12. The molecule has 8 nitrogen and oxygen atoms in total. The summed E-state index contributed by atoms with van der Waals surface area (Å²) in [6.07, 6.45) is 4.87. The Balaban J connectivity index is 1.89. The van der Waals surface area contributed by atoms with Crippen molar-refractivity contribution in [2.45, 2.75) is 58.5 Å². The number of carbonyl (C=O) groups is 1. The summed E-state index contributed by atoms with van der Waals surface area (Å²) >= 11 is 0. The molecule has 0 fully saturated rings. The number of methoxy groups -OCH3 is 2. The van der Waals surface area contributed by atoms with Crippen LogP contribution in [-0.2, 0) is 11.3 Å². The van der Waals surface area contributed by atoms with E-state index >= 15 is 0 Å². The summed E-state index contributed by atoms with van der Waals surface area (Å²) in [7, 11) is 3.26. The van der Waals surface area contributed by atoms with Crippen LogP contribution in [0.5, 0.6) is 11.5 Å². The van der Waals surface area contributed by atoms with Gasteiger partial charge in [0.15, 0.2) is 5.82 Å². The number of hydrogen-bond acceptors (Lipinski definition) is 8. The maximum absolute atomic E-state index is 11.6. The molecule has 0 radical (unpaired) electrons. The van der Waals surface area contributed by atoms with Crippen LogP contribution < -0.4 is 20.1 Å². The summed E-state index contributed by atoms with van der Waals surface area (Å²) in [5.74, 6) is 2.78. The van der Waals surface area contributed by atoms with Gasteiger partial charge in [-0.25, -0.2) is 4.98 Å². The van der Waals surface area contributed by atoms with Gasteiger partial charge in [0.2, 0.25) is 5.95 Å².